The lowest BCUT2D eigenvalue weighted by Gasteiger charge is -2.23. The van der Waals surface area contributed by atoms with E-state index in [9.17, 15) is 4.79 Å². The van der Waals surface area contributed by atoms with Crippen LogP contribution in [-0.4, -0.2) is 11.4 Å². The zero-order valence-corrected chi connectivity index (χ0v) is 10.5. The highest BCUT2D eigenvalue weighted by Gasteiger charge is 2.43. The molecule has 0 aliphatic heterocycles. The van der Waals surface area contributed by atoms with Crippen molar-refractivity contribution in [3.05, 3.63) is 35.4 Å². The monoisotopic (exact) mass is 232 g/mol. The Morgan fingerprint density at radius 1 is 1.41 bits per heavy atom. The highest BCUT2D eigenvalue weighted by Crippen LogP contribution is 2.38. The van der Waals surface area contributed by atoms with Crippen LogP contribution in [0.15, 0.2) is 24.3 Å². The van der Waals surface area contributed by atoms with Crippen molar-refractivity contribution >= 4 is 5.91 Å². The van der Waals surface area contributed by atoms with Gasteiger partial charge in [-0.3, -0.25) is 4.79 Å². The number of rotatable bonds is 4. The van der Waals surface area contributed by atoms with E-state index in [4.69, 9.17) is 5.73 Å². The van der Waals surface area contributed by atoms with Gasteiger partial charge < -0.3 is 11.1 Å². The summed E-state index contributed by atoms with van der Waals surface area (Å²) in [6, 6.07) is 8.15. The lowest BCUT2D eigenvalue weighted by molar-refractivity contribution is -0.126. The average Bonchev–Trinajstić information content (AvgIpc) is 3.11. The number of carbonyl (C=O) groups is 1. The lowest BCUT2D eigenvalue weighted by atomic mass is 9.96. The zero-order valence-electron chi connectivity index (χ0n) is 10.5. The molecule has 1 aromatic carbocycles. The molecule has 1 aliphatic carbocycles. The van der Waals surface area contributed by atoms with Gasteiger partial charge in [-0.05, 0) is 38.2 Å². The molecule has 0 aromatic heterocycles. The van der Waals surface area contributed by atoms with Gasteiger partial charge in [0.15, 0.2) is 0 Å². The van der Waals surface area contributed by atoms with Gasteiger partial charge in [-0.1, -0.05) is 29.8 Å². The molecule has 0 spiro atoms. The SMILES string of the molecule is Cc1ccc(CNC(=O)C(C)(N)C2CC2)cc1. The Hall–Kier alpha value is -1.35. The second-order valence-corrected chi connectivity index (χ2v) is 5.23. The van der Waals surface area contributed by atoms with E-state index in [0.717, 1.165) is 18.4 Å². The summed E-state index contributed by atoms with van der Waals surface area (Å²) in [6.45, 7) is 4.43. The van der Waals surface area contributed by atoms with Crippen molar-refractivity contribution in [3.8, 4) is 0 Å². The maximum Gasteiger partial charge on any atom is 0.240 e. The minimum Gasteiger partial charge on any atom is -0.350 e. The fraction of sp³-hybridized carbons (Fsp3) is 0.500. The minimum absolute atomic E-state index is 0.0411. The standard InChI is InChI=1S/C14H20N2O/c1-10-3-5-11(6-4-10)9-16-13(17)14(2,15)12-7-8-12/h3-6,12H,7-9,15H2,1-2H3,(H,16,17). The molecule has 1 aliphatic rings. The van der Waals surface area contributed by atoms with Gasteiger partial charge >= 0.3 is 0 Å². The third-order valence-corrected chi connectivity index (χ3v) is 3.49. The molecule has 0 bridgehead atoms. The van der Waals surface area contributed by atoms with E-state index in [-0.39, 0.29) is 5.91 Å². The topological polar surface area (TPSA) is 55.1 Å². The Morgan fingerprint density at radius 3 is 2.53 bits per heavy atom. The summed E-state index contributed by atoms with van der Waals surface area (Å²) < 4.78 is 0. The van der Waals surface area contributed by atoms with Crippen molar-refractivity contribution in [2.24, 2.45) is 11.7 Å². The quantitative estimate of drug-likeness (QED) is 0.830. The summed E-state index contributed by atoms with van der Waals surface area (Å²) in [7, 11) is 0. The molecule has 17 heavy (non-hydrogen) atoms. The molecule has 92 valence electrons. The summed E-state index contributed by atoms with van der Waals surface area (Å²) >= 11 is 0. The van der Waals surface area contributed by atoms with Crippen molar-refractivity contribution in [1.29, 1.82) is 0 Å². The molecule has 1 fully saturated rings. The highest BCUT2D eigenvalue weighted by molar-refractivity contribution is 5.86. The molecule has 3 heteroatoms. The summed E-state index contributed by atoms with van der Waals surface area (Å²) in [5.74, 6) is 0.320. The van der Waals surface area contributed by atoms with Crippen LogP contribution in [-0.2, 0) is 11.3 Å². The summed E-state index contributed by atoms with van der Waals surface area (Å²) in [4.78, 5) is 12.0. The predicted octanol–water partition coefficient (Wildman–Crippen LogP) is 1.74. The summed E-state index contributed by atoms with van der Waals surface area (Å²) in [5, 5.41) is 2.92. The number of hydrogen-bond acceptors (Lipinski definition) is 2. The zero-order chi connectivity index (χ0) is 12.5. The Bertz CT molecular complexity index is 405. The molecular formula is C14H20N2O. The van der Waals surface area contributed by atoms with E-state index in [2.05, 4.69) is 5.32 Å². The fourth-order valence-corrected chi connectivity index (χ4v) is 1.95. The molecule has 1 amide bonds. The van der Waals surface area contributed by atoms with Crippen LogP contribution in [0.3, 0.4) is 0 Å². The maximum absolute atomic E-state index is 12.0. The van der Waals surface area contributed by atoms with Crippen molar-refractivity contribution in [1.82, 2.24) is 5.32 Å². The Balaban J connectivity index is 1.89. The normalized spacial score (nSPS) is 18.5. The van der Waals surface area contributed by atoms with E-state index in [0.29, 0.717) is 12.5 Å². The maximum atomic E-state index is 12.0. The van der Waals surface area contributed by atoms with Crippen LogP contribution >= 0.6 is 0 Å². The van der Waals surface area contributed by atoms with Gasteiger partial charge in [0.25, 0.3) is 0 Å². The molecule has 1 saturated carbocycles. The van der Waals surface area contributed by atoms with Crippen molar-refractivity contribution < 1.29 is 4.79 Å². The molecular weight excluding hydrogens is 212 g/mol. The highest BCUT2D eigenvalue weighted by atomic mass is 16.2. The number of benzene rings is 1. The molecule has 0 saturated heterocycles. The number of aryl methyl sites for hydroxylation is 1. The molecule has 1 aromatic rings. The van der Waals surface area contributed by atoms with Crippen LogP contribution in [0.4, 0.5) is 0 Å². The van der Waals surface area contributed by atoms with Crippen molar-refractivity contribution in [3.63, 3.8) is 0 Å². The number of carbonyl (C=O) groups excluding carboxylic acids is 1. The lowest BCUT2D eigenvalue weighted by Crippen LogP contribution is -2.53. The molecule has 1 unspecified atom stereocenters. The molecule has 1 atom stereocenters. The first-order valence-corrected chi connectivity index (χ1v) is 6.13. The Labute approximate surface area is 102 Å². The van der Waals surface area contributed by atoms with Gasteiger partial charge in [-0.2, -0.15) is 0 Å². The first-order valence-electron chi connectivity index (χ1n) is 6.13. The van der Waals surface area contributed by atoms with Gasteiger partial charge in [-0.25, -0.2) is 0 Å². The molecule has 3 N–H and O–H groups in total. The third kappa shape index (κ3) is 2.86. The molecule has 2 rings (SSSR count). The van der Waals surface area contributed by atoms with E-state index in [1.807, 2.05) is 38.1 Å². The second-order valence-electron chi connectivity index (χ2n) is 5.23. The largest absolute Gasteiger partial charge is 0.350 e. The van der Waals surface area contributed by atoms with E-state index < -0.39 is 5.54 Å². The number of nitrogens with two attached hydrogens (primary N) is 1. The average molecular weight is 232 g/mol. The van der Waals surface area contributed by atoms with Gasteiger partial charge in [-0.15, -0.1) is 0 Å². The molecule has 3 nitrogen and oxygen atoms in total. The van der Waals surface area contributed by atoms with Crippen LogP contribution in [0.1, 0.15) is 30.9 Å². The number of hydrogen-bond donors (Lipinski definition) is 2. The van der Waals surface area contributed by atoms with Crippen LogP contribution in [0, 0.1) is 12.8 Å². The second kappa shape index (κ2) is 4.49. The Morgan fingerprint density at radius 2 is 2.00 bits per heavy atom. The third-order valence-electron chi connectivity index (χ3n) is 3.49. The van der Waals surface area contributed by atoms with Gasteiger partial charge in [0.05, 0.1) is 5.54 Å². The Kier molecular flexibility index (Phi) is 3.20. The first kappa shape index (κ1) is 12.1. The van der Waals surface area contributed by atoms with Crippen LogP contribution in [0.25, 0.3) is 0 Å². The molecule has 0 heterocycles. The predicted molar refractivity (Wildman–Crippen MR) is 68.3 cm³/mol. The summed E-state index contributed by atoms with van der Waals surface area (Å²) in [6.07, 6.45) is 2.15. The number of amides is 1. The van der Waals surface area contributed by atoms with E-state index in [1.54, 1.807) is 0 Å². The van der Waals surface area contributed by atoms with Gasteiger partial charge in [0.1, 0.15) is 0 Å². The van der Waals surface area contributed by atoms with E-state index in [1.165, 1.54) is 5.56 Å². The summed E-state index contributed by atoms with van der Waals surface area (Å²) in [5.41, 5.74) is 7.67. The van der Waals surface area contributed by atoms with Crippen molar-refractivity contribution in [2.45, 2.75) is 38.8 Å². The first-order chi connectivity index (χ1) is 8.00. The van der Waals surface area contributed by atoms with Crippen molar-refractivity contribution in [2.75, 3.05) is 0 Å². The van der Waals surface area contributed by atoms with E-state index >= 15 is 0 Å². The number of nitrogens with one attached hydrogen (secondary N) is 1. The smallest absolute Gasteiger partial charge is 0.240 e. The van der Waals surface area contributed by atoms with Gasteiger partial charge in [0.2, 0.25) is 5.91 Å². The molecule has 0 radical (unpaired) electrons. The fourth-order valence-electron chi connectivity index (χ4n) is 1.95. The minimum atomic E-state index is -0.704. The van der Waals surface area contributed by atoms with Crippen LogP contribution in [0.2, 0.25) is 0 Å². The van der Waals surface area contributed by atoms with Crippen LogP contribution < -0.4 is 11.1 Å². The van der Waals surface area contributed by atoms with Crippen LogP contribution in [0.5, 0.6) is 0 Å². The van der Waals surface area contributed by atoms with Gasteiger partial charge in [0, 0.05) is 6.54 Å².